The molecule has 0 fully saturated rings. The molecule has 1 heterocycles. The number of halogens is 1. The molecule has 0 aromatic heterocycles. The molecule has 4 rings (SSSR count). The van der Waals surface area contributed by atoms with Crippen LogP contribution < -0.4 is 15.4 Å². The van der Waals surface area contributed by atoms with E-state index in [0.717, 1.165) is 23.2 Å². The Bertz CT molecular complexity index is 1020. The van der Waals surface area contributed by atoms with Crippen LogP contribution in [0.5, 0.6) is 5.75 Å². The van der Waals surface area contributed by atoms with Crippen molar-refractivity contribution >= 4 is 11.7 Å². The standard InChI is InChI=1S/C24H23FN2O3/c25-21-13-19(23-20(14-21)15-29-16-30-23)10-11-26-24(28)27-22-9-5-4-8-18(22)12-17-6-2-1-3-7-17/h1-9,13-14H,10-12,15-16H2,(H2,26,27,28). The van der Waals surface area contributed by atoms with Gasteiger partial charge in [-0.25, -0.2) is 9.18 Å². The Morgan fingerprint density at radius 2 is 1.80 bits per heavy atom. The van der Waals surface area contributed by atoms with Crippen molar-refractivity contribution in [2.45, 2.75) is 19.4 Å². The van der Waals surface area contributed by atoms with Crippen LogP contribution in [-0.2, 0) is 24.2 Å². The summed E-state index contributed by atoms with van der Waals surface area (Å²) in [6, 6.07) is 20.4. The van der Waals surface area contributed by atoms with Crippen LogP contribution in [-0.4, -0.2) is 19.4 Å². The van der Waals surface area contributed by atoms with Gasteiger partial charge in [-0.2, -0.15) is 0 Å². The maximum atomic E-state index is 13.8. The van der Waals surface area contributed by atoms with Crippen LogP contribution >= 0.6 is 0 Å². The third kappa shape index (κ3) is 4.96. The van der Waals surface area contributed by atoms with E-state index in [1.54, 1.807) is 0 Å². The lowest BCUT2D eigenvalue weighted by atomic mass is 10.0. The van der Waals surface area contributed by atoms with E-state index < -0.39 is 0 Å². The number of hydrogen-bond acceptors (Lipinski definition) is 3. The monoisotopic (exact) mass is 406 g/mol. The minimum Gasteiger partial charge on any atom is -0.467 e. The van der Waals surface area contributed by atoms with E-state index in [0.29, 0.717) is 30.9 Å². The van der Waals surface area contributed by atoms with Crippen molar-refractivity contribution < 1.29 is 18.7 Å². The van der Waals surface area contributed by atoms with E-state index in [1.807, 2.05) is 42.5 Å². The van der Waals surface area contributed by atoms with Crippen molar-refractivity contribution in [3.05, 3.63) is 94.8 Å². The maximum absolute atomic E-state index is 13.8. The molecule has 3 aromatic rings. The summed E-state index contributed by atoms with van der Waals surface area (Å²) in [6.07, 6.45) is 1.19. The molecule has 3 aromatic carbocycles. The third-order valence-corrected chi connectivity index (χ3v) is 4.93. The summed E-state index contributed by atoms with van der Waals surface area (Å²) < 4.78 is 24.6. The summed E-state index contributed by atoms with van der Waals surface area (Å²) in [5.41, 5.74) is 4.38. The summed E-state index contributed by atoms with van der Waals surface area (Å²) in [4.78, 5) is 12.4. The van der Waals surface area contributed by atoms with E-state index >= 15 is 0 Å². The lowest BCUT2D eigenvalue weighted by Gasteiger charge is -2.21. The highest BCUT2D eigenvalue weighted by molar-refractivity contribution is 5.90. The Hall–Kier alpha value is -3.38. The second kappa shape index (κ2) is 9.41. The number of carbonyl (C=O) groups is 1. The summed E-state index contributed by atoms with van der Waals surface area (Å²) in [7, 11) is 0. The molecule has 0 aliphatic carbocycles. The van der Waals surface area contributed by atoms with Crippen molar-refractivity contribution in [1.29, 1.82) is 0 Å². The predicted molar refractivity (Wildman–Crippen MR) is 113 cm³/mol. The molecular weight excluding hydrogens is 383 g/mol. The van der Waals surface area contributed by atoms with Gasteiger partial charge in [0.15, 0.2) is 6.79 Å². The van der Waals surface area contributed by atoms with Gasteiger partial charge in [0.25, 0.3) is 0 Å². The van der Waals surface area contributed by atoms with Crippen LogP contribution in [0.4, 0.5) is 14.9 Å². The van der Waals surface area contributed by atoms with Gasteiger partial charge in [0, 0.05) is 17.8 Å². The number of rotatable bonds is 6. The number of ether oxygens (including phenoxy) is 2. The molecule has 6 heteroatoms. The Balaban J connectivity index is 1.36. The van der Waals surface area contributed by atoms with Crippen molar-refractivity contribution in [2.75, 3.05) is 18.7 Å². The highest BCUT2D eigenvalue weighted by Gasteiger charge is 2.17. The number of fused-ring (bicyclic) bond motifs is 1. The highest BCUT2D eigenvalue weighted by atomic mass is 19.1. The van der Waals surface area contributed by atoms with E-state index in [1.165, 1.54) is 17.7 Å². The van der Waals surface area contributed by atoms with Gasteiger partial charge < -0.3 is 20.1 Å². The van der Waals surface area contributed by atoms with Crippen molar-refractivity contribution in [3.8, 4) is 5.75 Å². The minimum absolute atomic E-state index is 0.151. The number of anilines is 1. The van der Waals surface area contributed by atoms with Gasteiger partial charge in [-0.05, 0) is 47.7 Å². The summed E-state index contributed by atoms with van der Waals surface area (Å²) in [6.45, 7) is 0.830. The molecule has 0 saturated heterocycles. The molecule has 0 saturated carbocycles. The number of hydrogen-bond donors (Lipinski definition) is 2. The largest absolute Gasteiger partial charge is 0.467 e. The van der Waals surface area contributed by atoms with Crippen LogP contribution in [0.25, 0.3) is 0 Å². The predicted octanol–water partition coefficient (Wildman–Crippen LogP) is 4.65. The fourth-order valence-electron chi connectivity index (χ4n) is 3.53. The Morgan fingerprint density at radius 1 is 1.00 bits per heavy atom. The van der Waals surface area contributed by atoms with E-state index in [4.69, 9.17) is 9.47 Å². The maximum Gasteiger partial charge on any atom is 0.319 e. The normalized spacial score (nSPS) is 12.6. The quantitative estimate of drug-likeness (QED) is 0.627. The number of urea groups is 1. The van der Waals surface area contributed by atoms with Crippen molar-refractivity contribution in [3.63, 3.8) is 0 Å². The fourth-order valence-corrected chi connectivity index (χ4v) is 3.53. The van der Waals surface area contributed by atoms with Crippen LogP contribution in [0, 0.1) is 5.82 Å². The molecule has 0 unspecified atom stereocenters. The van der Waals surface area contributed by atoms with E-state index in [2.05, 4.69) is 22.8 Å². The van der Waals surface area contributed by atoms with Crippen LogP contribution in [0.1, 0.15) is 22.3 Å². The first-order valence-corrected chi connectivity index (χ1v) is 9.87. The molecule has 30 heavy (non-hydrogen) atoms. The summed E-state index contributed by atoms with van der Waals surface area (Å²) in [5.74, 6) is 0.315. The van der Waals surface area contributed by atoms with Gasteiger partial charge in [-0.15, -0.1) is 0 Å². The number of nitrogens with one attached hydrogen (secondary N) is 2. The summed E-state index contributed by atoms with van der Waals surface area (Å²) in [5, 5.41) is 5.75. The zero-order valence-electron chi connectivity index (χ0n) is 16.5. The molecule has 1 aliphatic rings. The summed E-state index contributed by atoms with van der Waals surface area (Å²) >= 11 is 0. The Morgan fingerprint density at radius 3 is 2.67 bits per heavy atom. The number of benzene rings is 3. The minimum atomic E-state index is -0.336. The molecule has 2 N–H and O–H groups in total. The first-order chi connectivity index (χ1) is 14.7. The average Bonchev–Trinajstić information content (AvgIpc) is 2.76. The molecule has 5 nitrogen and oxygen atoms in total. The lowest BCUT2D eigenvalue weighted by Crippen LogP contribution is -2.31. The van der Waals surface area contributed by atoms with Gasteiger partial charge in [0.2, 0.25) is 0 Å². The van der Waals surface area contributed by atoms with Gasteiger partial charge in [0.05, 0.1) is 6.61 Å². The van der Waals surface area contributed by atoms with E-state index in [-0.39, 0.29) is 18.6 Å². The highest BCUT2D eigenvalue weighted by Crippen LogP contribution is 2.29. The van der Waals surface area contributed by atoms with E-state index in [9.17, 15) is 9.18 Å². The molecule has 0 bridgehead atoms. The fraction of sp³-hybridized carbons (Fsp3) is 0.208. The van der Waals surface area contributed by atoms with Crippen molar-refractivity contribution in [2.24, 2.45) is 0 Å². The molecule has 0 atom stereocenters. The molecular formula is C24H23FN2O3. The van der Waals surface area contributed by atoms with Gasteiger partial charge >= 0.3 is 6.03 Å². The second-order valence-corrected chi connectivity index (χ2v) is 7.11. The van der Waals surface area contributed by atoms with Gasteiger partial charge in [0.1, 0.15) is 11.6 Å². The molecule has 2 amide bonds. The average molecular weight is 406 g/mol. The molecule has 154 valence electrons. The Kier molecular flexibility index (Phi) is 6.25. The van der Waals surface area contributed by atoms with Crippen molar-refractivity contribution in [1.82, 2.24) is 5.32 Å². The topological polar surface area (TPSA) is 59.6 Å². The number of carbonyl (C=O) groups excluding carboxylic acids is 1. The third-order valence-electron chi connectivity index (χ3n) is 4.93. The molecule has 1 aliphatic heterocycles. The van der Waals surface area contributed by atoms with Crippen LogP contribution in [0.15, 0.2) is 66.7 Å². The SMILES string of the molecule is O=C(NCCc1cc(F)cc2c1OCOC2)Nc1ccccc1Cc1ccccc1. The van der Waals surface area contributed by atoms with Crippen LogP contribution in [0.2, 0.25) is 0 Å². The first kappa shape index (κ1) is 19.9. The second-order valence-electron chi connectivity index (χ2n) is 7.11. The van der Waals surface area contributed by atoms with Gasteiger partial charge in [-0.3, -0.25) is 0 Å². The zero-order valence-corrected chi connectivity index (χ0v) is 16.5. The number of amides is 2. The molecule has 0 spiro atoms. The molecule has 0 radical (unpaired) electrons. The zero-order chi connectivity index (χ0) is 20.8. The first-order valence-electron chi connectivity index (χ1n) is 9.87. The van der Waals surface area contributed by atoms with Gasteiger partial charge in [-0.1, -0.05) is 48.5 Å². The number of para-hydroxylation sites is 1. The smallest absolute Gasteiger partial charge is 0.319 e. The lowest BCUT2D eigenvalue weighted by molar-refractivity contribution is -0.0172. The van der Waals surface area contributed by atoms with Crippen LogP contribution in [0.3, 0.4) is 0 Å². The Labute approximate surface area is 174 Å².